The maximum atomic E-state index is 11.8. The third kappa shape index (κ3) is 1.08. The molecule has 0 saturated heterocycles. The minimum Gasteiger partial charge on any atom is -0.466 e. The normalized spacial score (nSPS) is 37.5. The molecule has 1 fully saturated rings. The second kappa shape index (κ2) is 3.23. The number of hydrogen-bond donors (Lipinski definition) is 0. The second-order valence-corrected chi connectivity index (χ2v) is 3.92. The van der Waals surface area contributed by atoms with Crippen molar-refractivity contribution in [2.45, 2.75) is 25.4 Å². The SMILES string of the molecule is COC(=O)C12ON=C(C)C1CCC2C#N. The number of rotatable bonds is 1. The van der Waals surface area contributed by atoms with Gasteiger partial charge in [0.1, 0.15) is 5.92 Å². The molecule has 3 atom stereocenters. The zero-order valence-electron chi connectivity index (χ0n) is 8.69. The van der Waals surface area contributed by atoms with Crippen LogP contribution in [0.1, 0.15) is 19.8 Å². The van der Waals surface area contributed by atoms with Crippen LogP contribution >= 0.6 is 0 Å². The average molecular weight is 208 g/mol. The Morgan fingerprint density at radius 2 is 2.47 bits per heavy atom. The Morgan fingerprint density at radius 3 is 3.07 bits per heavy atom. The zero-order valence-corrected chi connectivity index (χ0v) is 8.69. The summed E-state index contributed by atoms with van der Waals surface area (Å²) in [5.74, 6) is -1.05. The van der Waals surface area contributed by atoms with Gasteiger partial charge in [-0.05, 0) is 19.8 Å². The summed E-state index contributed by atoms with van der Waals surface area (Å²) < 4.78 is 4.73. The summed E-state index contributed by atoms with van der Waals surface area (Å²) in [5.41, 5.74) is -0.397. The van der Waals surface area contributed by atoms with Crippen LogP contribution < -0.4 is 0 Å². The molecule has 0 N–H and O–H groups in total. The maximum Gasteiger partial charge on any atom is 0.355 e. The fourth-order valence-electron chi connectivity index (χ4n) is 2.50. The monoisotopic (exact) mass is 208 g/mol. The fourth-order valence-corrected chi connectivity index (χ4v) is 2.50. The number of methoxy groups -OCH3 is 1. The first-order valence-electron chi connectivity index (χ1n) is 4.87. The molecule has 0 radical (unpaired) electrons. The van der Waals surface area contributed by atoms with E-state index < -0.39 is 17.5 Å². The van der Waals surface area contributed by atoms with Gasteiger partial charge in [-0.25, -0.2) is 4.79 Å². The molecule has 0 spiro atoms. The molecule has 0 aromatic rings. The molecule has 2 rings (SSSR count). The van der Waals surface area contributed by atoms with E-state index in [0.29, 0.717) is 6.42 Å². The van der Waals surface area contributed by atoms with E-state index in [1.807, 2.05) is 6.92 Å². The van der Waals surface area contributed by atoms with Crippen molar-refractivity contribution in [2.24, 2.45) is 17.0 Å². The van der Waals surface area contributed by atoms with Gasteiger partial charge in [0.05, 0.1) is 24.8 Å². The summed E-state index contributed by atoms with van der Waals surface area (Å²) in [6, 6.07) is 2.11. The topological polar surface area (TPSA) is 71.7 Å². The molecule has 0 aromatic heterocycles. The van der Waals surface area contributed by atoms with Gasteiger partial charge in [-0.15, -0.1) is 0 Å². The summed E-state index contributed by atoms with van der Waals surface area (Å²) in [5, 5.41) is 12.8. The van der Waals surface area contributed by atoms with E-state index >= 15 is 0 Å². The van der Waals surface area contributed by atoms with Gasteiger partial charge in [0.15, 0.2) is 0 Å². The van der Waals surface area contributed by atoms with E-state index in [1.54, 1.807) is 0 Å². The zero-order chi connectivity index (χ0) is 11.1. The van der Waals surface area contributed by atoms with Crippen molar-refractivity contribution >= 4 is 11.7 Å². The highest BCUT2D eigenvalue weighted by molar-refractivity contribution is 5.95. The molecule has 1 aliphatic carbocycles. The van der Waals surface area contributed by atoms with E-state index in [4.69, 9.17) is 14.8 Å². The number of ether oxygens (including phenoxy) is 1. The lowest BCUT2D eigenvalue weighted by Gasteiger charge is -2.26. The third-order valence-corrected chi connectivity index (χ3v) is 3.28. The number of hydrogen-bond acceptors (Lipinski definition) is 5. The van der Waals surface area contributed by atoms with E-state index in [-0.39, 0.29) is 5.92 Å². The summed E-state index contributed by atoms with van der Waals surface area (Å²) in [6.07, 6.45) is 1.41. The van der Waals surface area contributed by atoms with Gasteiger partial charge in [0.25, 0.3) is 5.60 Å². The minimum atomic E-state index is -1.17. The number of esters is 1. The molecule has 5 heteroatoms. The highest BCUT2D eigenvalue weighted by atomic mass is 16.7. The Bertz CT molecular complexity index is 371. The van der Waals surface area contributed by atoms with Crippen LogP contribution in [0.4, 0.5) is 0 Å². The van der Waals surface area contributed by atoms with Gasteiger partial charge >= 0.3 is 5.97 Å². The molecule has 15 heavy (non-hydrogen) atoms. The Kier molecular flexibility index (Phi) is 2.14. The van der Waals surface area contributed by atoms with Crippen LogP contribution in [0.5, 0.6) is 0 Å². The largest absolute Gasteiger partial charge is 0.466 e. The molecule has 5 nitrogen and oxygen atoms in total. The molecule has 2 aliphatic rings. The standard InChI is InChI=1S/C10H12N2O3/c1-6-8-4-3-7(5-11)10(8,15-12-6)9(13)14-2/h7-8H,3-4H2,1-2H3. The predicted molar refractivity (Wildman–Crippen MR) is 50.8 cm³/mol. The second-order valence-electron chi connectivity index (χ2n) is 3.92. The lowest BCUT2D eigenvalue weighted by Crippen LogP contribution is -2.48. The van der Waals surface area contributed by atoms with Gasteiger partial charge < -0.3 is 9.57 Å². The van der Waals surface area contributed by atoms with Crippen molar-refractivity contribution in [1.82, 2.24) is 0 Å². The summed E-state index contributed by atoms with van der Waals surface area (Å²) >= 11 is 0. The Hall–Kier alpha value is -1.57. The molecule has 3 unspecified atom stereocenters. The molecule has 0 bridgehead atoms. The minimum absolute atomic E-state index is 0.102. The van der Waals surface area contributed by atoms with Crippen LogP contribution in [-0.4, -0.2) is 24.4 Å². The van der Waals surface area contributed by atoms with Crippen LogP contribution in [0.25, 0.3) is 0 Å². The smallest absolute Gasteiger partial charge is 0.355 e. The Labute approximate surface area is 87.6 Å². The van der Waals surface area contributed by atoms with Crippen molar-refractivity contribution < 1.29 is 14.4 Å². The molecule has 1 saturated carbocycles. The van der Waals surface area contributed by atoms with Gasteiger partial charge in [-0.3, -0.25) is 0 Å². The van der Waals surface area contributed by atoms with E-state index in [9.17, 15) is 4.79 Å². The van der Waals surface area contributed by atoms with E-state index in [1.165, 1.54) is 7.11 Å². The molecule has 80 valence electrons. The van der Waals surface area contributed by atoms with Crippen molar-refractivity contribution in [3.05, 3.63) is 0 Å². The summed E-state index contributed by atoms with van der Waals surface area (Å²) in [7, 11) is 1.30. The van der Waals surface area contributed by atoms with Crippen LogP contribution in [0.3, 0.4) is 0 Å². The Balaban J connectivity index is 2.41. The number of fused-ring (bicyclic) bond motifs is 1. The quantitative estimate of drug-likeness (QED) is 0.599. The van der Waals surface area contributed by atoms with Gasteiger partial charge in [0.2, 0.25) is 0 Å². The molecular weight excluding hydrogens is 196 g/mol. The lowest BCUT2D eigenvalue weighted by molar-refractivity contribution is -0.172. The Morgan fingerprint density at radius 1 is 1.73 bits per heavy atom. The average Bonchev–Trinajstić information content (AvgIpc) is 2.77. The number of nitriles is 1. The van der Waals surface area contributed by atoms with Crippen LogP contribution in [0, 0.1) is 23.2 Å². The van der Waals surface area contributed by atoms with Gasteiger partial charge in [0, 0.05) is 0 Å². The van der Waals surface area contributed by atoms with Crippen molar-refractivity contribution in [1.29, 1.82) is 5.26 Å². The van der Waals surface area contributed by atoms with Crippen LogP contribution in [0.2, 0.25) is 0 Å². The van der Waals surface area contributed by atoms with Crippen molar-refractivity contribution in [2.75, 3.05) is 7.11 Å². The number of carbonyl (C=O) groups is 1. The van der Waals surface area contributed by atoms with E-state index in [0.717, 1.165) is 12.1 Å². The molecule has 1 aliphatic heterocycles. The first-order valence-corrected chi connectivity index (χ1v) is 4.87. The molecular formula is C10H12N2O3. The first-order chi connectivity index (χ1) is 7.16. The first kappa shape index (κ1) is 9.97. The number of oxime groups is 1. The highest BCUT2D eigenvalue weighted by Crippen LogP contribution is 2.48. The number of carbonyl (C=O) groups excluding carboxylic acids is 1. The van der Waals surface area contributed by atoms with E-state index in [2.05, 4.69) is 11.2 Å². The fraction of sp³-hybridized carbons (Fsp3) is 0.700. The maximum absolute atomic E-state index is 11.8. The molecule has 0 aromatic carbocycles. The molecule has 1 heterocycles. The lowest BCUT2D eigenvalue weighted by atomic mass is 9.83. The van der Waals surface area contributed by atoms with Gasteiger partial charge in [-0.2, -0.15) is 5.26 Å². The third-order valence-electron chi connectivity index (χ3n) is 3.28. The number of nitrogens with zero attached hydrogens (tertiary/aromatic N) is 2. The van der Waals surface area contributed by atoms with Gasteiger partial charge in [-0.1, -0.05) is 5.16 Å². The van der Waals surface area contributed by atoms with Crippen molar-refractivity contribution in [3.63, 3.8) is 0 Å². The highest BCUT2D eigenvalue weighted by Gasteiger charge is 2.64. The van der Waals surface area contributed by atoms with Crippen LogP contribution in [-0.2, 0) is 14.4 Å². The summed E-state index contributed by atoms with van der Waals surface area (Å²) in [4.78, 5) is 17.0. The van der Waals surface area contributed by atoms with Crippen LogP contribution in [0.15, 0.2) is 5.16 Å². The predicted octanol–water partition coefficient (Wildman–Crippen LogP) is 0.854. The summed E-state index contributed by atoms with van der Waals surface area (Å²) in [6.45, 7) is 1.81. The van der Waals surface area contributed by atoms with Crippen molar-refractivity contribution in [3.8, 4) is 6.07 Å². The molecule has 0 amide bonds.